The van der Waals surface area contributed by atoms with Crippen LogP contribution in [0, 0.1) is 0 Å². The van der Waals surface area contributed by atoms with E-state index in [4.69, 9.17) is 15.6 Å². The third kappa shape index (κ3) is 4.34. The molecule has 32 heavy (non-hydrogen) atoms. The second-order valence-electron chi connectivity index (χ2n) is 7.55. The van der Waals surface area contributed by atoms with E-state index in [-0.39, 0.29) is 18.2 Å². The van der Waals surface area contributed by atoms with E-state index in [0.717, 1.165) is 11.1 Å². The molecule has 2 aromatic heterocycles. The van der Waals surface area contributed by atoms with Gasteiger partial charge in [-0.25, -0.2) is 4.98 Å². The maximum absolute atomic E-state index is 10.8. The Bertz CT molecular complexity index is 1100. The zero-order valence-corrected chi connectivity index (χ0v) is 17.0. The third-order valence-electron chi connectivity index (χ3n) is 5.31. The number of imidazole rings is 1. The molecule has 0 aliphatic carbocycles. The summed E-state index contributed by atoms with van der Waals surface area (Å²) in [4.78, 5) is 23.6. The van der Waals surface area contributed by atoms with E-state index in [9.17, 15) is 20.1 Å². The van der Waals surface area contributed by atoms with E-state index in [1.54, 1.807) is 12.1 Å². The fraction of sp³-hybridized carbons (Fsp3) is 0.400. The Morgan fingerprint density at radius 3 is 2.53 bits per heavy atom. The lowest BCUT2D eigenvalue weighted by Crippen LogP contribution is -2.33. The fourth-order valence-electron chi connectivity index (χ4n) is 3.63. The molecule has 0 radical (unpaired) electrons. The summed E-state index contributed by atoms with van der Waals surface area (Å²) in [7, 11) is 0. The Kier molecular flexibility index (Phi) is 6.19. The number of hydrogen-bond acceptors (Lipinski definition) is 10. The summed E-state index contributed by atoms with van der Waals surface area (Å²) in [6, 6.07) is 7.30. The highest BCUT2D eigenvalue weighted by Gasteiger charge is 2.44. The van der Waals surface area contributed by atoms with Gasteiger partial charge in [0.05, 0.1) is 19.4 Å². The highest BCUT2D eigenvalue weighted by molar-refractivity contribution is 5.83. The summed E-state index contributed by atoms with van der Waals surface area (Å²) in [6.07, 6.45) is -2.43. The van der Waals surface area contributed by atoms with Gasteiger partial charge in [-0.3, -0.25) is 9.36 Å². The van der Waals surface area contributed by atoms with Crippen LogP contribution in [0.4, 0.5) is 11.8 Å². The van der Waals surface area contributed by atoms with Crippen LogP contribution in [0.1, 0.15) is 17.4 Å². The minimum Gasteiger partial charge on any atom is -0.481 e. The summed E-state index contributed by atoms with van der Waals surface area (Å²) < 4.78 is 7.00. The fourth-order valence-corrected chi connectivity index (χ4v) is 3.63. The van der Waals surface area contributed by atoms with Crippen LogP contribution in [-0.4, -0.2) is 77.4 Å². The van der Waals surface area contributed by atoms with E-state index in [2.05, 4.69) is 20.3 Å². The van der Waals surface area contributed by atoms with Crippen LogP contribution in [0.15, 0.2) is 30.6 Å². The van der Waals surface area contributed by atoms with Crippen molar-refractivity contribution in [3.8, 4) is 0 Å². The van der Waals surface area contributed by atoms with E-state index in [1.165, 1.54) is 10.9 Å². The van der Waals surface area contributed by atoms with Crippen molar-refractivity contribution in [3.63, 3.8) is 0 Å². The Morgan fingerprint density at radius 2 is 1.88 bits per heavy atom. The molecular weight excluding hydrogens is 420 g/mol. The summed E-state index contributed by atoms with van der Waals surface area (Å²) in [5, 5.41) is 41.6. The van der Waals surface area contributed by atoms with Crippen LogP contribution in [-0.2, 0) is 22.4 Å². The second kappa shape index (κ2) is 9.04. The first-order valence-corrected chi connectivity index (χ1v) is 10.0. The van der Waals surface area contributed by atoms with Crippen molar-refractivity contribution in [2.45, 2.75) is 37.4 Å². The van der Waals surface area contributed by atoms with Crippen molar-refractivity contribution >= 4 is 28.9 Å². The molecular formula is C20H24N6O6. The number of carboxylic acid groups (broad SMARTS) is 1. The summed E-state index contributed by atoms with van der Waals surface area (Å²) >= 11 is 0. The smallest absolute Gasteiger partial charge is 0.307 e. The monoisotopic (exact) mass is 444 g/mol. The molecule has 4 rings (SSSR count). The highest BCUT2D eigenvalue weighted by atomic mass is 16.6. The summed E-state index contributed by atoms with van der Waals surface area (Å²) in [5.41, 5.74) is 8.39. The molecule has 1 saturated heterocycles. The number of aliphatic hydroxyl groups is 3. The van der Waals surface area contributed by atoms with Crippen LogP contribution in [0.2, 0.25) is 0 Å². The van der Waals surface area contributed by atoms with Gasteiger partial charge < -0.3 is 36.2 Å². The molecule has 0 saturated carbocycles. The van der Waals surface area contributed by atoms with Gasteiger partial charge in [0.15, 0.2) is 17.7 Å². The van der Waals surface area contributed by atoms with Crippen LogP contribution in [0.25, 0.3) is 11.2 Å². The molecule has 0 amide bonds. The van der Waals surface area contributed by atoms with Gasteiger partial charge in [-0.05, 0) is 17.5 Å². The number of nitrogen functional groups attached to an aromatic ring is 1. The number of ether oxygens (including phenoxy) is 1. The van der Waals surface area contributed by atoms with Crippen molar-refractivity contribution < 1.29 is 30.0 Å². The quantitative estimate of drug-likeness (QED) is 0.258. The molecule has 1 aliphatic heterocycles. The Labute approximate surface area is 182 Å². The predicted octanol–water partition coefficient (Wildman–Crippen LogP) is -0.698. The van der Waals surface area contributed by atoms with Crippen molar-refractivity contribution in [3.05, 3.63) is 41.7 Å². The van der Waals surface area contributed by atoms with Gasteiger partial charge in [0, 0.05) is 6.54 Å². The SMILES string of the molecule is Nc1nc(NCCc2ccc(CC(=O)O)cc2)nc2c1ncn2[C@@H]1O[C@H](CO)C(O)C1O. The molecule has 1 aliphatic rings. The number of carbonyl (C=O) groups is 1. The summed E-state index contributed by atoms with van der Waals surface area (Å²) in [6.45, 7) is 0.0494. The molecule has 2 unspecified atom stereocenters. The number of benzene rings is 1. The van der Waals surface area contributed by atoms with Crippen molar-refractivity contribution in [1.29, 1.82) is 0 Å². The number of aliphatic carboxylic acids is 1. The first kappa shape index (κ1) is 21.9. The molecule has 4 atom stereocenters. The highest BCUT2D eigenvalue weighted by Crippen LogP contribution is 2.32. The van der Waals surface area contributed by atoms with Gasteiger partial charge in [-0.15, -0.1) is 0 Å². The second-order valence-corrected chi connectivity index (χ2v) is 7.55. The number of carboxylic acids is 1. The molecule has 3 heterocycles. The molecule has 0 spiro atoms. The number of anilines is 2. The van der Waals surface area contributed by atoms with Crippen LogP contribution < -0.4 is 11.1 Å². The van der Waals surface area contributed by atoms with Crippen molar-refractivity contribution in [2.24, 2.45) is 0 Å². The van der Waals surface area contributed by atoms with Crippen LogP contribution in [0.3, 0.4) is 0 Å². The first-order valence-electron chi connectivity index (χ1n) is 10.0. The minimum absolute atomic E-state index is 0.0190. The molecule has 1 fully saturated rings. The third-order valence-corrected chi connectivity index (χ3v) is 5.31. The summed E-state index contributed by atoms with van der Waals surface area (Å²) in [5.74, 6) is -0.479. The van der Waals surface area contributed by atoms with Crippen molar-refractivity contribution in [2.75, 3.05) is 24.2 Å². The zero-order chi connectivity index (χ0) is 22.8. The van der Waals surface area contributed by atoms with Crippen LogP contribution in [0.5, 0.6) is 0 Å². The lowest BCUT2D eigenvalue weighted by molar-refractivity contribution is -0.136. The Hall–Kier alpha value is -3.32. The number of fused-ring (bicyclic) bond motifs is 1. The zero-order valence-electron chi connectivity index (χ0n) is 17.0. The number of rotatable bonds is 8. The maximum atomic E-state index is 10.8. The van der Waals surface area contributed by atoms with E-state index in [1.807, 2.05) is 12.1 Å². The number of hydrogen-bond donors (Lipinski definition) is 6. The van der Waals surface area contributed by atoms with Crippen LogP contribution >= 0.6 is 0 Å². The average molecular weight is 444 g/mol. The van der Waals surface area contributed by atoms with E-state index >= 15 is 0 Å². The Balaban J connectivity index is 1.47. The lowest BCUT2D eigenvalue weighted by atomic mass is 10.1. The molecule has 12 heteroatoms. The molecule has 170 valence electrons. The van der Waals surface area contributed by atoms with Gasteiger partial charge >= 0.3 is 5.97 Å². The van der Waals surface area contributed by atoms with E-state index < -0.39 is 37.1 Å². The average Bonchev–Trinajstić information content (AvgIpc) is 3.30. The maximum Gasteiger partial charge on any atom is 0.307 e. The predicted molar refractivity (Wildman–Crippen MR) is 113 cm³/mol. The van der Waals surface area contributed by atoms with Gasteiger partial charge in [0.2, 0.25) is 5.95 Å². The number of nitrogens with one attached hydrogen (secondary N) is 1. The van der Waals surface area contributed by atoms with E-state index in [0.29, 0.717) is 24.1 Å². The standard InChI is InChI=1S/C20H24N6O6/c21-17-14-18(26(9-23-14)19-16(31)15(30)12(8-27)32-19)25-20(24-17)22-6-5-10-1-3-11(4-2-10)7-13(28)29/h1-4,9,12,15-16,19,27,30-31H,5-8H2,(H,28,29)(H3,21,22,24,25)/t12-,15?,16?,19-/m1/s1. The normalized spacial score (nSPS) is 23.0. The Morgan fingerprint density at radius 1 is 1.16 bits per heavy atom. The lowest BCUT2D eigenvalue weighted by Gasteiger charge is -2.16. The minimum atomic E-state index is -1.28. The molecule has 1 aromatic carbocycles. The number of nitrogens with two attached hydrogens (primary N) is 1. The van der Waals surface area contributed by atoms with Gasteiger partial charge in [-0.1, -0.05) is 24.3 Å². The number of aliphatic hydroxyl groups excluding tert-OH is 3. The number of aromatic nitrogens is 4. The molecule has 7 N–H and O–H groups in total. The van der Waals surface area contributed by atoms with Gasteiger partial charge in [0.1, 0.15) is 23.8 Å². The van der Waals surface area contributed by atoms with Gasteiger partial charge in [0.25, 0.3) is 0 Å². The van der Waals surface area contributed by atoms with Gasteiger partial charge in [-0.2, -0.15) is 9.97 Å². The molecule has 12 nitrogen and oxygen atoms in total. The largest absolute Gasteiger partial charge is 0.481 e. The van der Waals surface area contributed by atoms with Crippen molar-refractivity contribution in [1.82, 2.24) is 19.5 Å². The molecule has 3 aromatic rings. The topological polar surface area (TPSA) is 189 Å². The first-order chi connectivity index (χ1) is 15.4. The molecule has 0 bridgehead atoms. The number of nitrogens with zero attached hydrogens (tertiary/aromatic N) is 4.